The molecule has 2 aromatic rings. The van der Waals surface area contributed by atoms with Crippen LogP contribution >= 0.6 is 11.8 Å². The molecule has 2 aromatic carbocycles. The first-order valence-corrected chi connectivity index (χ1v) is 14.2. The maximum Gasteiger partial charge on any atom is 0.00914 e. The SMILES string of the molecule is C=C.CC(C)CNCC[C@@H](N)Cc1ccccc1.CCC1CCCC1.CCSc1ccccc1. The van der Waals surface area contributed by atoms with Crippen LogP contribution in [0.1, 0.15) is 71.8 Å². The van der Waals surface area contributed by atoms with E-state index >= 15 is 0 Å². The average molecular weight is 485 g/mol. The summed E-state index contributed by atoms with van der Waals surface area (Å²) in [6.07, 6.45) is 9.45. The summed E-state index contributed by atoms with van der Waals surface area (Å²) in [5.74, 6) is 2.97. The Labute approximate surface area is 216 Å². The van der Waals surface area contributed by atoms with Crippen molar-refractivity contribution in [1.29, 1.82) is 0 Å². The minimum atomic E-state index is 0.266. The first-order chi connectivity index (χ1) is 16.5. The van der Waals surface area contributed by atoms with Crippen molar-refractivity contribution in [3.63, 3.8) is 0 Å². The Morgan fingerprint density at radius 2 is 1.50 bits per heavy atom. The quantitative estimate of drug-likeness (QED) is 0.202. The van der Waals surface area contributed by atoms with Gasteiger partial charge in [-0.25, -0.2) is 0 Å². The monoisotopic (exact) mass is 484 g/mol. The Morgan fingerprint density at radius 1 is 0.941 bits per heavy atom. The molecule has 3 rings (SSSR count). The standard InChI is InChI=1S/C14H24N2.C8H10S.C7H14.C2H4/c1-12(2)11-16-9-8-14(15)10-13-6-4-3-5-7-13;1-2-9-8-6-4-3-5-7-8;1-2-7-5-3-4-6-7;1-2/h3-7,12,14,16H,8-11,15H2,1-2H3;3-7H,2H2,1H3;7H,2-6H2,1H3;1-2H2/t14-;;;/m1.../s1. The number of thioether (sulfide) groups is 1. The van der Waals surface area contributed by atoms with E-state index in [0.29, 0.717) is 5.92 Å². The largest absolute Gasteiger partial charge is 0.327 e. The van der Waals surface area contributed by atoms with Crippen LogP contribution in [-0.4, -0.2) is 24.9 Å². The van der Waals surface area contributed by atoms with E-state index < -0.39 is 0 Å². The molecule has 0 bridgehead atoms. The van der Waals surface area contributed by atoms with E-state index in [1.54, 1.807) is 0 Å². The molecule has 1 atom stereocenters. The van der Waals surface area contributed by atoms with Gasteiger partial charge in [-0.1, -0.05) is 108 Å². The molecule has 0 heterocycles. The lowest BCUT2D eigenvalue weighted by molar-refractivity contribution is 0.511. The third-order valence-corrected chi connectivity index (χ3v) is 6.59. The molecule has 0 amide bonds. The van der Waals surface area contributed by atoms with Crippen molar-refractivity contribution in [1.82, 2.24) is 5.32 Å². The first kappa shape index (κ1) is 32.5. The molecule has 0 saturated heterocycles. The van der Waals surface area contributed by atoms with E-state index in [9.17, 15) is 0 Å². The summed E-state index contributed by atoms with van der Waals surface area (Å²) in [5, 5.41) is 3.42. The van der Waals surface area contributed by atoms with Crippen LogP contribution in [0.15, 0.2) is 78.7 Å². The fraction of sp³-hybridized carbons (Fsp3) is 0.548. The highest BCUT2D eigenvalue weighted by atomic mass is 32.2. The Balaban J connectivity index is 0.000000508. The number of nitrogens with one attached hydrogen (secondary N) is 1. The molecule has 1 fully saturated rings. The van der Waals surface area contributed by atoms with Crippen molar-refractivity contribution in [2.75, 3.05) is 18.8 Å². The summed E-state index contributed by atoms with van der Waals surface area (Å²) in [4.78, 5) is 1.36. The Hall–Kier alpha value is -1.55. The first-order valence-electron chi connectivity index (χ1n) is 13.2. The lowest BCUT2D eigenvalue weighted by Gasteiger charge is -2.13. The molecule has 0 radical (unpaired) electrons. The van der Waals surface area contributed by atoms with Gasteiger partial charge in [0.1, 0.15) is 0 Å². The smallest absolute Gasteiger partial charge is 0.00914 e. The second kappa shape index (κ2) is 23.2. The molecule has 34 heavy (non-hydrogen) atoms. The third-order valence-electron chi connectivity index (χ3n) is 5.69. The lowest BCUT2D eigenvalue weighted by Crippen LogP contribution is -2.30. The van der Waals surface area contributed by atoms with Crippen LogP contribution in [0.2, 0.25) is 0 Å². The van der Waals surface area contributed by atoms with Crippen LogP contribution in [0.4, 0.5) is 0 Å². The van der Waals surface area contributed by atoms with Gasteiger partial charge < -0.3 is 11.1 Å². The molecule has 0 aromatic heterocycles. The highest BCUT2D eigenvalue weighted by molar-refractivity contribution is 7.99. The van der Waals surface area contributed by atoms with Gasteiger partial charge in [-0.15, -0.1) is 24.9 Å². The van der Waals surface area contributed by atoms with Gasteiger partial charge in [-0.3, -0.25) is 0 Å². The predicted molar refractivity (Wildman–Crippen MR) is 157 cm³/mol. The van der Waals surface area contributed by atoms with E-state index in [1.807, 2.05) is 23.9 Å². The van der Waals surface area contributed by atoms with Gasteiger partial charge in [0, 0.05) is 10.9 Å². The molecule has 0 spiro atoms. The number of hydrogen-bond acceptors (Lipinski definition) is 3. The predicted octanol–water partition coefficient (Wildman–Crippen LogP) is 8.38. The van der Waals surface area contributed by atoms with Gasteiger partial charge in [-0.2, -0.15) is 0 Å². The molecular weight excluding hydrogens is 432 g/mol. The maximum atomic E-state index is 6.08. The van der Waals surface area contributed by atoms with Crippen LogP contribution < -0.4 is 11.1 Å². The topological polar surface area (TPSA) is 38.0 Å². The summed E-state index contributed by atoms with van der Waals surface area (Å²) in [6.45, 7) is 17.0. The van der Waals surface area contributed by atoms with Crippen LogP contribution in [0.5, 0.6) is 0 Å². The zero-order valence-electron chi connectivity index (χ0n) is 22.5. The van der Waals surface area contributed by atoms with Gasteiger partial charge in [0.2, 0.25) is 0 Å². The second-order valence-electron chi connectivity index (χ2n) is 9.14. The fourth-order valence-electron chi connectivity index (χ4n) is 3.80. The average Bonchev–Trinajstić information content (AvgIpc) is 3.40. The van der Waals surface area contributed by atoms with Crippen molar-refractivity contribution < 1.29 is 0 Å². The van der Waals surface area contributed by atoms with E-state index in [2.05, 4.69) is 94.7 Å². The van der Waals surface area contributed by atoms with Crippen molar-refractivity contribution in [2.45, 2.75) is 83.6 Å². The summed E-state index contributed by atoms with van der Waals surface area (Å²) in [7, 11) is 0. The molecule has 0 aliphatic heterocycles. The molecule has 192 valence electrons. The van der Waals surface area contributed by atoms with E-state index in [-0.39, 0.29) is 6.04 Å². The number of hydrogen-bond donors (Lipinski definition) is 2. The van der Waals surface area contributed by atoms with Crippen molar-refractivity contribution >= 4 is 11.8 Å². The zero-order valence-corrected chi connectivity index (χ0v) is 23.3. The summed E-state index contributed by atoms with van der Waals surface area (Å²) >= 11 is 1.88. The van der Waals surface area contributed by atoms with Crippen LogP contribution in [0.25, 0.3) is 0 Å². The van der Waals surface area contributed by atoms with E-state index in [0.717, 1.165) is 37.6 Å². The molecule has 3 N–H and O–H groups in total. The van der Waals surface area contributed by atoms with Crippen LogP contribution in [0.3, 0.4) is 0 Å². The molecule has 2 nitrogen and oxygen atoms in total. The van der Waals surface area contributed by atoms with Gasteiger partial charge in [0.25, 0.3) is 0 Å². The molecule has 0 unspecified atom stereocenters. The van der Waals surface area contributed by atoms with E-state index in [4.69, 9.17) is 5.73 Å². The zero-order chi connectivity index (χ0) is 25.4. The molecule has 1 aliphatic rings. The summed E-state index contributed by atoms with van der Waals surface area (Å²) < 4.78 is 0. The minimum Gasteiger partial charge on any atom is -0.327 e. The maximum absolute atomic E-state index is 6.08. The lowest BCUT2D eigenvalue weighted by atomic mass is 10.0. The second-order valence-corrected chi connectivity index (χ2v) is 10.5. The molecular formula is C31H52N2S. The van der Waals surface area contributed by atoms with Crippen molar-refractivity contribution in [3.8, 4) is 0 Å². The number of nitrogens with two attached hydrogens (primary N) is 1. The van der Waals surface area contributed by atoms with Crippen LogP contribution in [-0.2, 0) is 6.42 Å². The molecule has 3 heteroatoms. The molecule has 1 saturated carbocycles. The highest BCUT2D eigenvalue weighted by Crippen LogP contribution is 2.26. The van der Waals surface area contributed by atoms with E-state index in [1.165, 1.54) is 42.6 Å². The number of rotatable bonds is 10. The normalized spacial score (nSPS) is 13.6. The summed E-state index contributed by atoms with van der Waals surface area (Å²) in [6, 6.07) is 21.2. The fourth-order valence-corrected chi connectivity index (χ4v) is 4.48. The minimum absolute atomic E-state index is 0.266. The third kappa shape index (κ3) is 18.8. The van der Waals surface area contributed by atoms with Gasteiger partial charge in [0.05, 0.1) is 0 Å². The van der Waals surface area contributed by atoms with Gasteiger partial charge in [-0.05, 0) is 61.2 Å². The van der Waals surface area contributed by atoms with Crippen molar-refractivity contribution in [3.05, 3.63) is 79.4 Å². The highest BCUT2D eigenvalue weighted by Gasteiger charge is 2.11. The van der Waals surface area contributed by atoms with Gasteiger partial charge >= 0.3 is 0 Å². The van der Waals surface area contributed by atoms with Gasteiger partial charge in [0.15, 0.2) is 0 Å². The molecule has 1 aliphatic carbocycles. The van der Waals surface area contributed by atoms with Crippen molar-refractivity contribution in [2.24, 2.45) is 17.6 Å². The number of benzene rings is 2. The van der Waals surface area contributed by atoms with Crippen LogP contribution in [0, 0.1) is 11.8 Å². The Kier molecular flexibility index (Phi) is 22.1. The Morgan fingerprint density at radius 3 is 1.97 bits per heavy atom. The Bertz CT molecular complexity index is 654. The summed E-state index contributed by atoms with van der Waals surface area (Å²) in [5.41, 5.74) is 7.41.